The Labute approximate surface area is 224 Å². The fourth-order valence-corrected chi connectivity index (χ4v) is 5.33. The lowest BCUT2D eigenvalue weighted by molar-refractivity contribution is -0.117. The Bertz CT molecular complexity index is 1200. The summed E-state index contributed by atoms with van der Waals surface area (Å²) in [4.78, 5) is 49.2. The first kappa shape index (κ1) is 27.4. The van der Waals surface area contributed by atoms with Crippen molar-refractivity contribution in [1.82, 2.24) is 20.1 Å². The first-order valence-corrected chi connectivity index (χ1v) is 13.4. The Kier molecular flexibility index (Phi) is 8.23. The number of aryl methyl sites for hydroxylation is 1. The number of piperidine rings is 2. The van der Waals surface area contributed by atoms with E-state index in [1.54, 1.807) is 20.9 Å². The van der Waals surface area contributed by atoms with E-state index in [2.05, 4.69) is 11.9 Å². The highest BCUT2D eigenvalue weighted by atomic mass is 16.6. The summed E-state index contributed by atoms with van der Waals surface area (Å²) in [7, 11) is 0. The molecule has 1 unspecified atom stereocenters. The molecule has 2 aliphatic rings. The van der Waals surface area contributed by atoms with Gasteiger partial charge >= 0.3 is 12.1 Å². The fourth-order valence-electron chi connectivity index (χ4n) is 5.33. The van der Waals surface area contributed by atoms with Crippen LogP contribution in [0.5, 0.6) is 0 Å². The molecule has 9 nitrogen and oxygen atoms in total. The van der Waals surface area contributed by atoms with Gasteiger partial charge in [-0.05, 0) is 76.5 Å². The van der Waals surface area contributed by atoms with Crippen LogP contribution in [0.3, 0.4) is 0 Å². The zero-order chi connectivity index (χ0) is 27.4. The van der Waals surface area contributed by atoms with Crippen molar-refractivity contribution >= 4 is 34.6 Å². The number of hydrogen-bond acceptors (Lipinski definition) is 5. The van der Waals surface area contributed by atoms with Crippen molar-refractivity contribution < 1.29 is 19.1 Å². The topological polar surface area (TPSA) is 95.1 Å². The van der Waals surface area contributed by atoms with Crippen LogP contribution in [0, 0.1) is 6.92 Å². The Morgan fingerprint density at radius 1 is 1.11 bits per heavy atom. The Balaban J connectivity index is 1.69. The summed E-state index contributed by atoms with van der Waals surface area (Å²) < 4.78 is 5.65. The summed E-state index contributed by atoms with van der Waals surface area (Å²) in [6.07, 6.45) is 5.66. The molecule has 0 spiro atoms. The number of urea groups is 1. The lowest BCUT2D eigenvalue weighted by Gasteiger charge is -2.42. The monoisotopic (exact) mass is 521 g/mol. The molecule has 2 fully saturated rings. The van der Waals surface area contributed by atoms with Gasteiger partial charge in [-0.25, -0.2) is 14.6 Å². The maximum absolute atomic E-state index is 14.3. The highest BCUT2D eigenvalue weighted by Crippen LogP contribution is 2.32. The van der Waals surface area contributed by atoms with Crippen molar-refractivity contribution in [2.45, 2.75) is 71.1 Å². The molecule has 38 heavy (non-hydrogen) atoms. The molecule has 204 valence electrons. The molecular formula is C29H39N5O4. The van der Waals surface area contributed by atoms with Crippen LogP contribution in [0.2, 0.25) is 0 Å². The molecule has 4 rings (SSSR count). The van der Waals surface area contributed by atoms with E-state index in [0.717, 1.165) is 42.0 Å². The van der Waals surface area contributed by atoms with E-state index < -0.39 is 5.60 Å². The van der Waals surface area contributed by atoms with Crippen molar-refractivity contribution in [1.29, 1.82) is 0 Å². The minimum atomic E-state index is -0.605. The number of pyridine rings is 1. The Hall–Kier alpha value is -3.62. The first-order chi connectivity index (χ1) is 18.1. The molecule has 4 amide bonds. The summed E-state index contributed by atoms with van der Waals surface area (Å²) in [5, 5.41) is 4.86. The molecule has 2 aromatic rings. The zero-order valence-corrected chi connectivity index (χ0v) is 22.9. The van der Waals surface area contributed by atoms with Crippen LogP contribution in [0.25, 0.3) is 10.8 Å². The van der Waals surface area contributed by atoms with Crippen molar-refractivity contribution in [3.8, 4) is 0 Å². The summed E-state index contributed by atoms with van der Waals surface area (Å²) in [5.41, 5.74) is 0.421. The number of fused-ring (bicyclic) bond motifs is 1. The number of ether oxygens (including phenoxy) is 1. The number of anilines is 1. The lowest BCUT2D eigenvalue weighted by atomic mass is 10.0. The maximum atomic E-state index is 14.3. The van der Waals surface area contributed by atoms with Gasteiger partial charge in [0.1, 0.15) is 11.4 Å². The SMILES string of the molecule is C=CC(=O)NC1CCCN(C(=O)N(c2nccc3cccc(C)c23)[C@@H]2CCCN(C(=O)OC(C)(C)C)C2)C1. The van der Waals surface area contributed by atoms with E-state index in [-0.39, 0.29) is 30.1 Å². The minimum Gasteiger partial charge on any atom is -0.444 e. The number of amides is 4. The van der Waals surface area contributed by atoms with E-state index in [4.69, 9.17) is 9.72 Å². The van der Waals surface area contributed by atoms with Gasteiger partial charge in [-0.2, -0.15) is 0 Å². The van der Waals surface area contributed by atoms with Crippen molar-refractivity contribution in [3.05, 3.63) is 48.7 Å². The van der Waals surface area contributed by atoms with E-state index in [0.29, 0.717) is 32.0 Å². The molecule has 2 atom stereocenters. The van der Waals surface area contributed by atoms with Gasteiger partial charge in [0.05, 0.1) is 6.04 Å². The second-order valence-electron chi connectivity index (χ2n) is 11.2. The van der Waals surface area contributed by atoms with Gasteiger partial charge < -0.3 is 19.9 Å². The number of carbonyl (C=O) groups excluding carboxylic acids is 3. The number of nitrogens with one attached hydrogen (secondary N) is 1. The van der Waals surface area contributed by atoms with Crippen LogP contribution in [0.1, 0.15) is 52.0 Å². The van der Waals surface area contributed by atoms with E-state index in [1.165, 1.54) is 6.08 Å². The van der Waals surface area contributed by atoms with Crippen LogP contribution in [-0.2, 0) is 9.53 Å². The van der Waals surface area contributed by atoms with E-state index in [9.17, 15) is 14.4 Å². The van der Waals surface area contributed by atoms with Gasteiger partial charge in [-0.3, -0.25) is 9.69 Å². The fraction of sp³-hybridized carbons (Fsp3) is 0.517. The number of likely N-dealkylation sites (tertiary alicyclic amines) is 2. The average molecular weight is 522 g/mol. The predicted molar refractivity (Wildman–Crippen MR) is 148 cm³/mol. The molecule has 0 aliphatic carbocycles. The van der Waals surface area contributed by atoms with Crippen LogP contribution in [-0.4, -0.2) is 76.7 Å². The molecule has 2 aliphatic heterocycles. The number of benzene rings is 1. The molecule has 9 heteroatoms. The van der Waals surface area contributed by atoms with Gasteiger partial charge in [0, 0.05) is 43.8 Å². The third kappa shape index (κ3) is 6.26. The summed E-state index contributed by atoms with van der Waals surface area (Å²) in [6, 6.07) is 7.40. The first-order valence-electron chi connectivity index (χ1n) is 13.4. The molecule has 1 N–H and O–H groups in total. The quantitative estimate of drug-likeness (QED) is 0.592. The number of nitrogens with zero attached hydrogens (tertiary/aromatic N) is 4. The van der Waals surface area contributed by atoms with Crippen LogP contribution in [0.4, 0.5) is 15.4 Å². The van der Waals surface area contributed by atoms with Gasteiger partial charge in [-0.1, -0.05) is 24.8 Å². The van der Waals surface area contributed by atoms with Gasteiger partial charge in [0.2, 0.25) is 5.91 Å². The summed E-state index contributed by atoms with van der Waals surface area (Å²) in [5.74, 6) is 0.353. The van der Waals surface area contributed by atoms with E-state index in [1.807, 2.05) is 52.0 Å². The number of carbonyl (C=O) groups is 3. The van der Waals surface area contributed by atoms with Crippen molar-refractivity contribution in [3.63, 3.8) is 0 Å². The second-order valence-corrected chi connectivity index (χ2v) is 11.2. The average Bonchev–Trinajstić information content (AvgIpc) is 2.88. The van der Waals surface area contributed by atoms with Gasteiger partial charge in [-0.15, -0.1) is 0 Å². The molecule has 3 heterocycles. The third-order valence-corrected chi connectivity index (χ3v) is 7.05. The standard InChI is InChI=1S/C29H39N5O4/c1-6-24(35)31-22-12-8-16-32(18-22)27(36)34(26-25-20(2)10-7-11-21(25)14-15-30-26)23-13-9-17-33(19-23)28(37)38-29(3,4)5/h6-7,10-11,14-15,22-23H,1,8-9,12-13,16-19H2,2-5H3,(H,31,35)/t22?,23-/m1/s1. The van der Waals surface area contributed by atoms with E-state index >= 15 is 0 Å². The summed E-state index contributed by atoms with van der Waals surface area (Å²) >= 11 is 0. The smallest absolute Gasteiger partial charge is 0.410 e. The van der Waals surface area contributed by atoms with Gasteiger partial charge in [0.25, 0.3) is 0 Å². The van der Waals surface area contributed by atoms with Crippen molar-refractivity contribution in [2.24, 2.45) is 0 Å². The largest absolute Gasteiger partial charge is 0.444 e. The zero-order valence-electron chi connectivity index (χ0n) is 22.9. The molecule has 1 aromatic carbocycles. The molecule has 0 radical (unpaired) electrons. The third-order valence-electron chi connectivity index (χ3n) is 7.05. The summed E-state index contributed by atoms with van der Waals surface area (Å²) in [6.45, 7) is 13.0. The minimum absolute atomic E-state index is 0.146. The Morgan fingerprint density at radius 3 is 2.58 bits per heavy atom. The second kappa shape index (κ2) is 11.4. The van der Waals surface area contributed by atoms with Crippen molar-refractivity contribution in [2.75, 3.05) is 31.1 Å². The highest BCUT2D eigenvalue weighted by molar-refractivity contribution is 6.03. The predicted octanol–water partition coefficient (Wildman–Crippen LogP) is 4.64. The number of rotatable bonds is 4. The lowest BCUT2D eigenvalue weighted by Crippen LogP contribution is -2.58. The molecule has 0 bridgehead atoms. The normalized spacial score (nSPS) is 20.1. The maximum Gasteiger partial charge on any atom is 0.410 e. The van der Waals surface area contributed by atoms with Crippen LogP contribution < -0.4 is 10.2 Å². The number of hydrogen-bond donors (Lipinski definition) is 1. The van der Waals surface area contributed by atoms with Crippen LogP contribution >= 0.6 is 0 Å². The molecule has 2 saturated heterocycles. The van der Waals surface area contributed by atoms with Crippen LogP contribution in [0.15, 0.2) is 43.1 Å². The molecule has 0 saturated carbocycles. The highest BCUT2D eigenvalue weighted by Gasteiger charge is 2.38. The number of aromatic nitrogens is 1. The van der Waals surface area contributed by atoms with Gasteiger partial charge in [0.15, 0.2) is 0 Å². The molecular weight excluding hydrogens is 482 g/mol. The molecule has 1 aromatic heterocycles. The Morgan fingerprint density at radius 2 is 1.84 bits per heavy atom.